The number of ether oxygens (including phenoxy) is 1. The van der Waals surface area contributed by atoms with E-state index in [-0.39, 0.29) is 36.5 Å². The van der Waals surface area contributed by atoms with Crippen molar-refractivity contribution in [2.45, 2.75) is 83.8 Å². The summed E-state index contributed by atoms with van der Waals surface area (Å²) in [7, 11) is 0. The predicted molar refractivity (Wildman–Crippen MR) is 135 cm³/mol. The Labute approximate surface area is 213 Å². The standard InChI is InChI=1S/C26H39ClN4O4/c1-18(32)35-17-26(2,3)25(34)31(21-7-5-4-6-8-21)22-13-14-30(16-22)29-24(33)23(28)15-19-9-11-20(27)12-10-19/h9-12,21-23H,4-8,13-17,28H2,1-3H3,(H,29,33)/t22-,23+/m0/s1. The summed E-state index contributed by atoms with van der Waals surface area (Å²) in [5.74, 6) is -0.630. The van der Waals surface area contributed by atoms with E-state index in [1.165, 1.54) is 13.3 Å². The highest BCUT2D eigenvalue weighted by atomic mass is 35.5. The number of nitrogens with one attached hydrogen (secondary N) is 1. The first kappa shape index (κ1) is 27.4. The van der Waals surface area contributed by atoms with E-state index in [1.807, 2.05) is 35.9 Å². The Morgan fingerprint density at radius 3 is 2.43 bits per heavy atom. The van der Waals surface area contributed by atoms with Crippen LogP contribution in [0.15, 0.2) is 24.3 Å². The van der Waals surface area contributed by atoms with Gasteiger partial charge in [-0.3, -0.25) is 19.8 Å². The summed E-state index contributed by atoms with van der Waals surface area (Å²) in [4.78, 5) is 39.9. The molecular weight excluding hydrogens is 468 g/mol. The fraction of sp³-hybridized carbons (Fsp3) is 0.654. The molecule has 1 saturated carbocycles. The molecule has 1 aliphatic carbocycles. The number of amides is 2. The van der Waals surface area contributed by atoms with Crippen LogP contribution in [0.4, 0.5) is 0 Å². The number of benzene rings is 1. The van der Waals surface area contributed by atoms with Gasteiger partial charge in [-0.1, -0.05) is 43.0 Å². The van der Waals surface area contributed by atoms with Crippen LogP contribution in [0.25, 0.3) is 0 Å². The lowest BCUT2D eigenvalue weighted by Gasteiger charge is -2.42. The van der Waals surface area contributed by atoms with Crippen molar-refractivity contribution >= 4 is 29.4 Å². The lowest BCUT2D eigenvalue weighted by molar-refractivity contribution is -0.155. The molecule has 0 unspecified atom stereocenters. The lowest BCUT2D eigenvalue weighted by Crippen LogP contribution is -2.55. The number of hydrogen-bond donors (Lipinski definition) is 2. The SMILES string of the molecule is CC(=O)OCC(C)(C)C(=O)N(C1CCCCC1)[C@H]1CCN(NC(=O)[C@H](N)Cc2ccc(Cl)cc2)C1. The average Bonchev–Trinajstić information content (AvgIpc) is 3.27. The Bertz CT molecular complexity index is 886. The number of rotatable bonds is 9. The predicted octanol–water partition coefficient (Wildman–Crippen LogP) is 3.07. The van der Waals surface area contributed by atoms with Crippen molar-refractivity contribution in [1.82, 2.24) is 15.3 Å². The van der Waals surface area contributed by atoms with Gasteiger partial charge in [-0.2, -0.15) is 0 Å². The Morgan fingerprint density at radius 1 is 1.14 bits per heavy atom. The van der Waals surface area contributed by atoms with E-state index < -0.39 is 11.5 Å². The largest absolute Gasteiger partial charge is 0.465 e. The molecule has 0 spiro atoms. The molecule has 1 saturated heterocycles. The topological polar surface area (TPSA) is 105 Å². The number of esters is 1. The Kier molecular flexibility index (Phi) is 9.55. The van der Waals surface area contributed by atoms with Crippen molar-refractivity contribution in [3.8, 4) is 0 Å². The van der Waals surface area contributed by atoms with Gasteiger partial charge in [0.05, 0.1) is 11.5 Å². The van der Waals surface area contributed by atoms with Gasteiger partial charge in [-0.25, -0.2) is 5.01 Å². The summed E-state index contributed by atoms with van der Waals surface area (Å²) in [6, 6.07) is 6.77. The van der Waals surface area contributed by atoms with Gasteiger partial charge in [0.2, 0.25) is 5.91 Å². The van der Waals surface area contributed by atoms with Crippen molar-refractivity contribution in [3.05, 3.63) is 34.9 Å². The molecule has 35 heavy (non-hydrogen) atoms. The van der Waals surface area contributed by atoms with Crippen LogP contribution in [0, 0.1) is 5.41 Å². The minimum Gasteiger partial charge on any atom is -0.465 e. The van der Waals surface area contributed by atoms with Gasteiger partial charge < -0.3 is 15.4 Å². The number of nitrogens with two attached hydrogens (primary N) is 1. The molecule has 2 amide bonds. The zero-order valence-electron chi connectivity index (χ0n) is 21.1. The van der Waals surface area contributed by atoms with Crippen molar-refractivity contribution in [3.63, 3.8) is 0 Å². The van der Waals surface area contributed by atoms with Crippen LogP contribution in [0.5, 0.6) is 0 Å². The monoisotopic (exact) mass is 506 g/mol. The second kappa shape index (κ2) is 12.2. The third-order valence-corrected chi connectivity index (χ3v) is 7.20. The van der Waals surface area contributed by atoms with E-state index in [1.54, 1.807) is 12.1 Å². The molecule has 3 N–H and O–H groups in total. The third kappa shape index (κ3) is 7.66. The molecule has 0 bridgehead atoms. The van der Waals surface area contributed by atoms with Gasteiger partial charge in [0, 0.05) is 37.1 Å². The molecule has 1 aromatic rings. The van der Waals surface area contributed by atoms with Gasteiger partial charge in [0.1, 0.15) is 6.61 Å². The van der Waals surface area contributed by atoms with Crippen LogP contribution < -0.4 is 11.2 Å². The van der Waals surface area contributed by atoms with Crippen molar-refractivity contribution in [1.29, 1.82) is 0 Å². The minimum absolute atomic E-state index is 0.00302. The summed E-state index contributed by atoms with van der Waals surface area (Å²) < 4.78 is 5.21. The van der Waals surface area contributed by atoms with E-state index in [9.17, 15) is 14.4 Å². The molecule has 194 valence electrons. The molecule has 0 radical (unpaired) electrons. The minimum atomic E-state index is -0.819. The van der Waals surface area contributed by atoms with E-state index >= 15 is 0 Å². The summed E-state index contributed by atoms with van der Waals surface area (Å²) >= 11 is 5.93. The Hall–Kier alpha value is -2.16. The number of hydrogen-bond acceptors (Lipinski definition) is 6. The van der Waals surface area contributed by atoms with Gasteiger partial charge in [0.15, 0.2) is 0 Å². The Balaban J connectivity index is 1.63. The molecule has 1 aromatic carbocycles. The molecule has 9 heteroatoms. The maximum Gasteiger partial charge on any atom is 0.302 e. The smallest absolute Gasteiger partial charge is 0.302 e. The molecule has 1 aliphatic heterocycles. The highest BCUT2D eigenvalue weighted by Crippen LogP contribution is 2.32. The van der Waals surface area contributed by atoms with Crippen LogP contribution >= 0.6 is 11.6 Å². The van der Waals surface area contributed by atoms with Crippen molar-refractivity contribution in [2.24, 2.45) is 11.1 Å². The Morgan fingerprint density at radius 2 is 1.80 bits per heavy atom. The van der Waals surface area contributed by atoms with E-state index in [0.29, 0.717) is 24.5 Å². The van der Waals surface area contributed by atoms with Gasteiger partial charge in [-0.05, 0) is 57.2 Å². The number of hydrazine groups is 1. The van der Waals surface area contributed by atoms with Crippen LogP contribution in [-0.2, 0) is 25.5 Å². The molecule has 1 heterocycles. The maximum absolute atomic E-state index is 13.7. The summed E-state index contributed by atoms with van der Waals surface area (Å²) in [6.07, 6.45) is 6.52. The first-order valence-corrected chi connectivity index (χ1v) is 13.0. The van der Waals surface area contributed by atoms with Crippen LogP contribution in [0.1, 0.15) is 64.9 Å². The number of halogens is 1. The fourth-order valence-corrected chi connectivity index (χ4v) is 5.08. The summed E-state index contributed by atoms with van der Waals surface area (Å²) in [6.45, 7) is 6.26. The third-order valence-electron chi connectivity index (χ3n) is 6.95. The zero-order valence-corrected chi connectivity index (χ0v) is 21.9. The fourth-order valence-electron chi connectivity index (χ4n) is 4.96. The second-order valence-electron chi connectivity index (χ2n) is 10.5. The number of carbonyl (C=O) groups excluding carboxylic acids is 3. The van der Waals surface area contributed by atoms with Crippen LogP contribution in [0.3, 0.4) is 0 Å². The molecule has 0 aromatic heterocycles. The van der Waals surface area contributed by atoms with Gasteiger partial charge in [0.25, 0.3) is 5.91 Å². The lowest BCUT2D eigenvalue weighted by atomic mass is 9.87. The normalized spacial score (nSPS) is 20.3. The zero-order chi connectivity index (χ0) is 25.6. The van der Waals surface area contributed by atoms with Gasteiger partial charge >= 0.3 is 5.97 Å². The highest BCUT2D eigenvalue weighted by molar-refractivity contribution is 6.30. The molecule has 2 fully saturated rings. The van der Waals surface area contributed by atoms with Crippen LogP contribution in [0.2, 0.25) is 5.02 Å². The summed E-state index contributed by atoms with van der Waals surface area (Å²) in [5.41, 5.74) is 9.24. The maximum atomic E-state index is 13.7. The quantitative estimate of drug-likeness (QED) is 0.499. The average molecular weight is 507 g/mol. The molecule has 8 nitrogen and oxygen atoms in total. The second-order valence-corrected chi connectivity index (χ2v) is 10.9. The molecule has 3 rings (SSSR count). The first-order valence-electron chi connectivity index (χ1n) is 12.6. The first-order chi connectivity index (χ1) is 16.6. The molecular formula is C26H39ClN4O4. The van der Waals surface area contributed by atoms with Gasteiger partial charge in [-0.15, -0.1) is 0 Å². The van der Waals surface area contributed by atoms with E-state index in [2.05, 4.69) is 5.43 Å². The number of nitrogens with zero attached hydrogens (tertiary/aromatic N) is 2. The van der Waals surface area contributed by atoms with E-state index in [0.717, 1.165) is 37.7 Å². The van der Waals surface area contributed by atoms with Crippen LogP contribution in [-0.4, -0.2) is 65.5 Å². The summed E-state index contributed by atoms with van der Waals surface area (Å²) in [5, 5.41) is 2.51. The van der Waals surface area contributed by atoms with Crippen molar-refractivity contribution < 1.29 is 19.1 Å². The number of carbonyl (C=O) groups is 3. The molecule has 2 atom stereocenters. The molecule has 2 aliphatic rings. The van der Waals surface area contributed by atoms with E-state index in [4.69, 9.17) is 22.1 Å². The highest BCUT2D eigenvalue weighted by Gasteiger charge is 2.42. The van der Waals surface area contributed by atoms with Crippen molar-refractivity contribution in [2.75, 3.05) is 19.7 Å².